The third-order valence-electron chi connectivity index (χ3n) is 1.43. The van der Waals surface area contributed by atoms with Crippen LogP contribution < -0.4 is 0 Å². The highest BCUT2D eigenvalue weighted by Gasteiger charge is 1.99. The Balaban J connectivity index is 2.69. The van der Waals surface area contributed by atoms with Gasteiger partial charge in [-0.1, -0.05) is 11.6 Å². The molecule has 1 aromatic carbocycles. The van der Waals surface area contributed by atoms with Crippen molar-refractivity contribution in [1.29, 1.82) is 0 Å². The standard InChI is InChI=1S/C7H4FOS/c8-6-2-1-5-4-10(9)7(5)3-6/h1-4H/q-1. The van der Waals surface area contributed by atoms with Crippen molar-refractivity contribution in [1.82, 2.24) is 0 Å². The van der Waals surface area contributed by atoms with Gasteiger partial charge in [-0.05, 0) is 12.1 Å². The van der Waals surface area contributed by atoms with Crippen LogP contribution in [0.5, 0.6) is 0 Å². The van der Waals surface area contributed by atoms with E-state index in [1.165, 1.54) is 12.1 Å². The van der Waals surface area contributed by atoms with Crippen molar-refractivity contribution < 1.29 is 8.60 Å². The first kappa shape index (κ1) is 5.92. The van der Waals surface area contributed by atoms with E-state index in [0.29, 0.717) is 4.90 Å². The minimum Gasteiger partial charge on any atom is -0.457 e. The average molecular weight is 155 g/mol. The van der Waals surface area contributed by atoms with E-state index in [-0.39, 0.29) is 5.82 Å². The quantitative estimate of drug-likeness (QED) is 0.414. The summed E-state index contributed by atoms with van der Waals surface area (Å²) in [5.74, 6) is -0.319. The van der Waals surface area contributed by atoms with E-state index in [1.54, 1.807) is 11.4 Å². The molecule has 0 atom stereocenters. The highest BCUT2D eigenvalue weighted by molar-refractivity contribution is 7.86. The van der Waals surface area contributed by atoms with Crippen LogP contribution >= 0.6 is 0 Å². The van der Waals surface area contributed by atoms with Crippen LogP contribution in [0.1, 0.15) is 5.56 Å². The van der Waals surface area contributed by atoms with Gasteiger partial charge in [0.15, 0.2) is 0 Å². The van der Waals surface area contributed by atoms with Crippen molar-refractivity contribution in [3.8, 4) is 0 Å². The minimum atomic E-state index is -1.04. The van der Waals surface area contributed by atoms with Gasteiger partial charge in [-0.2, -0.15) is 0 Å². The number of fused-ring (bicyclic) bond motifs is 1. The lowest BCUT2D eigenvalue weighted by Crippen LogP contribution is -2.03. The maximum atomic E-state index is 12.4. The molecule has 1 heterocycles. The normalized spacial score (nSPS) is 15.3. The monoisotopic (exact) mass is 155 g/mol. The molecule has 0 saturated heterocycles. The highest BCUT2D eigenvalue weighted by Crippen LogP contribution is 2.17. The lowest BCUT2D eigenvalue weighted by atomic mass is 10.2. The third kappa shape index (κ3) is 0.671. The predicted octanol–water partition coefficient (Wildman–Crippen LogP) is 1.31. The predicted molar refractivity (Wildman–Crippen MR) is 37.9 cm³/mol. The first-order valence-corrected chi connectivity index (χ1v) is 4.04. The van der Waals surface area contributed by atoms with E-state index in [2.05, 4.69) is 0 Å². The molecule has 2 rings (SSSR count). The zero-order valence-corrected chi connectivity index (χ0v) is 5.82. The second-order valence-corrected chi connectivity index (χ2v) is 3.37. The SMILES string of the molecule is O=[S-]1=Cc2ccc(F)cc21. The van der Waals surface area contributed by atoms with Crippen molar-refractivity contribution in [3.05, 3.63) is 29.6 Å². The van der Waals surface area contributed by atoms with Crippen LogP contribution in [0.2, 0.25) is 0 Å². The van der Waals surface area contributed by atoms with E-state index in [9.17, 15) is 8.60 Å². The van der Waals surface area contributed by atoms with Crippen molar-refractivity contribution in [2.24, 2.45) is 0 Å². The second-order valence-electron chi connectivity index (χ2n) is 2.10. The Labute approximate surface area is 59.5 Å². The number of benzene rings is 1. The van der Waals surface area contributed by atoms with Gasteiger partial charge in [0.2, 0.25) is 0 Å². The Hall–Kier alpha value is -0.830. The Morgan fingerprint density at radius 2 is 2.20 bits per heavy atom. The molecule has 10 heavy (non-hydrogen) atoms. The van der Waals surface area contributed by atoms with E-state index >= 15 is 0 Å². The number of hydrogen-bond donors (Lipinski definition) is 0. The fourth-order valence-electron chi connectivity index (χ4n) is 0.901. The van der Waals surface area contributed by atoms with Gasteiger partial charge < -0.3 is 4.21 Å². The summed E-state index contributed by atoms with van der Waals surface area (Å²) < 4.78 is 23.2. The first-order valence-electron chi connectivity index (χ1n) is 2.82. The van der Waals surface area contributed by atoms with Gasteiger partial charge in [0, 0.05) is 0 Å². The molecule has 1 aliphatic rings. The zero-order valence-electron chi connectivity index (χ0n) is 5.00. The molecule has 0 saturated carbocycles. The number of rotatable bonds is 0. The molecule has 0 unspecified atom stereocenters. The third-order valence-corrected chi connectivity index (χ3v) is 2.68. The average Bonchev–Trinajstić information content (AvgIpc) is 1.92. The van der Waals surface area contributed by atoms with Crippen molar-refractivity contribution in [2.45, 2.75) is 4.90 Å². The van der Waals surface area contributed by atoms with Crippen LogP contribution in [0.25, 0.3) is 0 Å². The highest BCUT2D eigenvalue weighted by atomic mass is 32.2. The second kappa shape index (κ2) is 1.83. The Kier molecular flexibility index (Phi) is 1.08. The summed E-state index contributed by atoms with van der Waals surface area (Å²) in [5, 5.41) is 1.61. The Morgan fingerprint density at radius 1 is 1.40 bits per heavy atom. The van der Waals surface area contributed by atoms with E-state index < -0.39 is 10.4 Å². The maximum Gasteiger partial charge on any atom is 0.121 e. The van der Waals surface area contributed by atoms with E-state index in [0.717, 1.165) is 5.56 Å². The van der Waals surface area contributed by atoms with Gasteiger partial charge in [0.05, 0.1) is 0 Å². The fraction of sp³-hybridized carbons (Fsp3) is 0. The van der Waals surface area contributed by atoms with Gasteiger partial charge in [-0.25, -0.2) is 14.8 Å². The van der Waals surface area contributed by atoms with Crippen LogP contribution in [0.4, 0.5) is 4.39 Å². The summed E-state index contributed by atoms with van der Waals surface area (Å²) in [4.78, 5) is 0.611. The van der Waals surface area contributed by atoms with Gasteiger partial charge in [-0.15, -0.1) is 10.3 Å². The van der Waals surface area contributed by atoms with Gasteiger partial charge >= 0.3 is 0 Å². The van der Waals surface area contributed by atoms with E-state index in [4.69, 9.17) is 0 Å². The molecule has 0 aromatic heterocycles. The molecule has 0 fully saturated rings. The van der Waals surface area contributed by atoms with Gasteiger partial charge in [-0.3, -0.25) is 0 Å². The largest absolute Gasteiger partial charge is 0.457 e. The molecular weight excluding hydrogens is 151 g/mol. The molecule has 0 spiro atoms. The summed E-state index contributed by atoms with van der Waals surface area (Å²) in [5.41, 5.74) is 0.889. The van der Waals surface area contributed by atoms with Crippen LogP contribution in [0.3, 0.4) is 0 Å². The van der Waals surface area contributed by atoms with Gasteiger partial charge in [0.1, 0.15) is 5.82 Å². The van der Waals surface area contributed by atoms with Crippen molar-refractivity contribution >= 4 is 15.8 Å². The molecule has 1 nitrogen and oxygen atoms in total. The minimum absolute atomic E-state index is 0.319. The summed E-state index contributed by atoms with van der Waals surface area (Å²) in [7, 11) is -1.04. The molecule has 0 N–H and O–H groups in total. The maximum absolute atomic E-state index is 12.4. The lowest BCUT2D eigenvalue weighted by Gasteiger charge is -2.20. The molecule has 1 aliphatic heterocycles. The molecule has 0 radical (unpaired) electrons. The summed E-state index contributed by atoms with van der Waals surface area (Å²) in [6.45, 7) is 0. The number of halogens is 1. The fourth-order valence-corrected chi connectivity index (χ4v) is 1.87. The van der Waals surface area contributed by atoms with E-state index in [1.807, 2.05) is 0 Å². The lowest BCUT2D eigenvalue weighted by molar-refractivity contribution is 0.598. The summed E-state index contributed by atoms with van der Waals surface area (Å²) in [6.07, 6.45) is 0. The van der Waals surface area contributed by atoms with Crippen LogP contribution in [0.15, 0.2) is 23.1 Å². The molecule has 3 heteroatoms. The molecule has 0 bridgehead atoms. The van der Waals surface area contributed by atoms with Crippen molar-refractivity contribution in [3.63, 3.8) is 0 Å². The molecule has 0 amide bonds. The van der Waals surface area contributed by atoms with Gasteiger partial charge in [0.25, 0.3) is 0 Å². The zero-order chi connectivity index (χ0) is 7.14. The van der Waals surface area contributed by atoms with Crippen LogP contribution in [-0.2, 0) is 14.6 Å². The molecular formula is C7H4FOS-. The summed E-state index contributed by atoms with van der Waals surface area (Å²) in [6, 6.07) is 4.31. The molecule has 1 aromatic rings. The van der Waals surface area contributed by atoms with Crippen LogP contribution in [-0.4, -0.2) is 5.37 Å². The molecule has 52 valence electrons. The smallest absolute Gasteiger partial charge is 0.121 e. The number of hydrogen-bond acceptors (Lipinski definition) is 2. The topological polar surface area (TPSA) is 17.1 Å². The molecule has 0 aliphatic carbocycles. The van der Waals surface area contributed by atoms with Crippen LogP contribution in [0, 0.1) is 5.82 Å². The first-order chi connectivity index (χ1) is 4.77. The summed E-state index contributed by atoms with van der Waals surface area (Å²) >= 11 is 0. The Morgan fingerprint density at radius 3 is 2.80 bits per heavy atom. The Bertz CT molecular complexity index is 364. The van der Waals surface area contributed by atoms with Crippen molar-refractivity contribution in [2.75, 3.05) is 0 Å².